The molecule has 2 N–H and O–H groups in total. The van der Waals surface area contributed by atoms with Crippen LogP contribution in [0.25, 0.3) is 0 Å². The molecule has 31 heavy (non-hydrogen) atoms. The van der Waals surface area contributed by atoms with Crippen LogP contribution >= 0.6 is 22.9 Å². The molecule has 0 bridgehead atoms. The Hall–Kier alpha value is -2.09. The molecule has 1 aromatic heterocycles. The van der Waals surface area contributed by atoms with Crippen molar-refractivity contribution in [2.75, 3.05) is 37.4 Å². The van der Waals surface area contributed by atoms with Crippen LogP contribution in [0.4, 0.5) is 10.7 Å². The third-order valence-corrected chi connectivity index (χ3v) is 7.32. The van der Waals surface area contributed by atoms with E-state index in [0.29, 0.717) is 33.6 Å². The molecule has 166 valence electrons. The van der Waals surface area contributed by atoms with Crippen LogP contribution in [-0.4, -0.2) is 43.5 Å². The lowest BCUT2D eigenvalue weighted by atomic mass is 10.1. The summed E-state index contributed by atoms with van der Waals surface area (Å²) in [5.41, 5.74) is 2.14. The van der Waals surface area contributed by atoms with Crippen LogP contribution in [0.3, 0.4) is 0 Å². The van der Waals surface area contributed by atoms with Gasteiger partial charge < -0.3 is 15.4 Å². The topological polar surface area (TPSA) is 70.7 Å². The highest BCUT2D eigenvalue weighted by atomic mass is 35.5. The lowest BCUT2D eigenvalue weighted by Crippen LogP contribution is -2.34. The molecule has 0 saturated carbocycles. The Morgan fingerprint density at radius 2 is 1.87 bits per heavy atom. The minimum absolute atomic E-state index is 0.0591. The van der Waals surface area contributed by atoms with Crippen molar-refractivity contribution in [2.24, 2.45) is 0 Å². The summed E-state index contributed by atoms with van der Waals surface area (Å²) in [6.45, 7) is 2.28. The molecule has 2 amide bonds. The maximum atomic E-state index is 13.3. The van der Waals surface area contributed by atoms with E-state index < -0.39 is 0 Å². The van der Waals surface area contributed by atoms with E-state index in [1.165, 1.54) is 29.1 Å². The molecule has 4 rings (SSSR count). The van der Waals surface area contributed by atoms with Crippen molar-refractivity contribution in [3.05, 3.63) is 39.2 Å². The van der Waals surface area contributed by atoms with Gasteiger partial charge in [-0.1, -0.05) is 24.4 Å². The van der Waals surface area contributed by atoms with Crippen LogP contribution < -0.4 is 15.4 Å². The number of benzene rings is 1. The fraction of sp³-hybridized carbons (Fsp3) is 0.478. The Bertz CT molecular complexity index is 967. The number of hydrogen-bond donors (Lipinski definition) is 2. The number of amides is 2. The number of anilines is 2. The second-order valence-corrected chi connectivity index (χ2v) is 9.64. The average molecular weight is 462 g/mol. The molecule has 1 aliphatic heterocycles. The van der Waals surface area contributed by atoms with Crippen LogP contribution in [0.15, 0.2) is 18.2 Å². The third-order valence-electron chi connectivity index (χ3n) is 5.88. The van der Waals surface area contributed by atoms with E-state index in [9.17, 15) is 9.59 Å². The standard InChI is InChI=1S/C23H28ClN3O3S/c1-30-18-10-9-15(24)13-17(18)25-22(29)21-16-7-6-8-19(16)31-23(21)26-20(28)14-27-11-4-2-3-5-12-27/h9-10,13H,2-8,11-12,14H2,1H3,(H,25,29)(H,26,28). The van der Waals surface area contributed by atoms with Gasteiger partial charge in [-0.25, -0.2) is 0 Å². The molecule has 2 heterocycles. The van der Waals surface area contributed by atoms with Gasteiger partial charge in [0, 0.05) is 9.90 Å². The highest BCUT2D eigenvalue weighted by Crippen LogP contribution is 2.40. The Morgan fingerprint density at radius 1 is 1.10 bits per heavy atom. The first-order chi connectivity index (χ1) is 15.0. The number of fused-ring (bicyclic) bond motifs is 1. The predicted octanol–water partition coefficient (Wildman–Crippen LogP) is 4.97. The fourth-order valence-corrected chi connectivity index (χ4v) is 5.83. The number of likely N-dealkylation sites (tertiary alicyclic amines) is 1. The SMILES string of the molecule is COc1ccc(Cl)cc1NC(=O)c1c(NC(=O)CN2CCCCCC2)sc2c1CCC2. The third kappa shape index (κ3) is 5.22. The molecule has 1 aliphatic carbocycles. The van der Waals surface area contributed by atoms with Crippen LogP contribution in [0.5, 0.6) is 5.75 Å². The summed E-state index contributed by atoms with van der Waals surface area (Å²) in [4.78, 5) is 29.5. The van der Waals surface area contributed by atoms with Gasteiger partial charge in [-0.15, -0.1) is 11.3 Å². The van der Waals surface area contributed by atoms with Crippen LogP contribution in [0.1, 0.15) is 52.9 Å². The smallest absolute Gasteiger partial charge is 0.259 e. The van der Waals surface area contributed by atoms with E-state index in [0.717, 1.165) is 50.8 Å². The zero-order chi connectivity index (χ0) is 21.8. The van der Waals surface area contributed by atoms with E-state index in [-0.39, 0.29) is 11.8 Å². The van der Waals surface area contributed by atoms with Crippen molar-refractivity contribution in [3.8, 4) is 5.75 Å². The molecule has 1 saturated heterocycles. The van der Waals surface area contributed by atoms with Crippen LogP contribution in [-0.2, 0) is 17.6 Å². The summed E-state index contributed by atoms with van der Waals surface area (Å²) in [5.74, 6) is 0.234. The van der Waals surface area contributed by atoms with Gasteiger partial charge >= 0.3 is 0 Å². The average Bonchev–Trinajstić information content (AvgIpc) is 3.20. The van der Waals surface area contributed by atoms with Gasteiger partial charge in [-0.05, 0) is 69.0 Å². The summed E-state index contributed by atoms with van der Waals surface area (Å²) in [6.07, 6.45) is 7.56. The number of aryl methyl sites for hydroxylation is 1. The molecule has 2 aromatic rings. The number of carbonyl (C=O) groups is 2. The Morgan fingerprint density at radius 3 is 2.61 bits per heavy atom. The van der Waals surface area contributed by atoms with Gasteiger partial charge in [-0.2, -0.15) is 0 Å². The van der Waals surface area contributed by atoms with Gasteiger partial charge in [0.05, 0.1) is 24.9 Å². The first kappa shape index (κ1) is 22.1. The maximum Gasteiger partial charge on any atom is 0.259 e. The predicted molar refractivity (Wildman–Crippen MR) is 126 cm³/mol. The number of hydrogen-bond acceptors (Lipinski definition) is 5. The summed E-state index contributed by atoms with van der Waals surface area (Å²) in [5, 5.41) is 7.12. The lowest BCUT2D eigenvalue weighted by molar-refractivity contribution is -0.117. The van der Waals surface area contributed by atoms with Gasteiger partial charge in [0.25, 0.3) is 5.91 Å². The van der Waals surface area contributed by atoms with Gasteiger partial charge in [0.15, 0.2) is 0 Å². The normalized spacial score (nSPS) is 16.5. The van der Waals surface area contributed by atoms with E-state index >= 15 is 0 Å². The largest absolute Gasteiger partial charge is 0.495 e. The van der Waals surface area contributed by atoms with E-state index in [1.54, 1.807) is 25.3 Å². The second-order valence-electron chi connectivity index (χ2n) is 8.10. The van der Waals surface area contributed by atoms with Crippen LogP contribution in [0.2, 0.25) is 5.02 Å². The summed E-state index contributed by atoms with van der Waals surface area (Å²) >= 11 is 7.64. The molecule has 0 spiro atoms. The molecule has 0 atom stereocenters. The lowest BCUT2D eigenvalue weighted by Gasteiger charge is -2.19. The van der Waals surface area contributed by atoms with Crippen LogP contribution in [0, 0.1) is 0 Å². The van der Waals surface area contributed by atoms with Crippen molar-refractivity contribution in [1.82, 2.24) is 4.90 Å². The minimum Gasteiger partial charge on any atom is -0.495 e. The van der Waals surface area contributed by atoms with E-state index in [2.05, 4.69) is 15.5 Å². The zero-order valence-corrected chi connectivity index (χ0v) is 19.3. The minimum atomic E-state index is -0.245. The number of halogens is 1. The number of nitrogens with zero attached hydrogens (tertiary/aromatic N) is 1. The number of thiophene rings is 1. The number of carbonyl (C=O) groups excluding carboxylic acids is 2. The maximum absolute atomic E-state index is 13.3. The monoisotopic (exact) mass is 461 g/mol. The van der Waals surface area contributed by atoms with Crippen molar-refractivity contribution in [1.29, 1.82) is 0 Å². The first-order valence-electron chi connectivity index (χ1n) is 10.9. The van der Waals surface area contributed by atoms with Crippen molar-refractivity contribution < 1.29 is 14.3 Å². The molecule has 0 unspecified atom stereocenters. The highest BCUT2D eigenvalue weighted by Gasteiger charge is 2.28. The van der Waals surface area contributed by atoms with E-state index in [1.807, 2.05) is 0 Å². The molecule has 8 heteroatoms. The van der Waals surface area contributed by atoms with Crippen molar-refractivity contribution in [3.63, 3.8) is 0 Å². The Balaban J connectivity index is 1.53. The van der Waals surface area contributed by atoms with Gasteiger partial charge in [0.2, 0.25) is 5.91 Å². The van der Waals surface area contributed by atoms with E-state index in [4.69, 9.17) is 16.3 Å². The number of methoxy groups -OCH3 is 1. The van der Waals surface area contributed by atoms with Crippen molar-refractivity contribution in [2.45, 2.75) is 44.9 Å². The Labute approximate surface area is 191 Å². The zero-order valence-electron chi connectivity index (χ0n) is 17.8. The fourth-order valence-electron chi connectivity index (χ4n) is 4.36. The van der Waals surface area contributed by atoms with Crippen molar-refractivity contribution >= 4 is 45.4 Å². The highest BCUT2D eigenvalue weighted by molar-refractivity contribution is 7.17. The van der Waals surface area contributed by atoms with Gasteiger partial charge in [0.1, 0.15) is 10.8 Å². The quantitative estimate of drug-likeness (QED) is 0.637. The van der Waals surface area contributed by atoms with Gasteiger partial charge in [-0.3, -0.25) is 14.5 Å². The number of ether oxygens (including phenoxy) is 1. The summed E-state index contributed by atoms with van der Waals surface area (Å²) < 4.78 is 5.35. The first-order valence-corrected chi connectivity index (χ1v) is 12.1. The summed E-state index contributed by atoms with van der Waals surface area (Å²) in [7, 11) is 1.55. The summed E-state index contributed by atoms with van der Waals surface area (Å²) in [6, 6.07) is 5.11. The molecule has 6 nitrogen and oxygen atoms in total. The molecule has 0 radical (unpaired) electrons. The molecule has 2 aliphatic rings. The molecule has 1 fully saturated rings. The number of nitrogens with one attached hydrogen (secondary N) is 2. The molecular weight excluding hydrogens is 434 g/mol. The second kappa shape index (κ2) is 10.0. The molecular formula is C23H28ClN3O3S. The number of rotatable bonds is 6. The molecule has 1 aromatic carbocycles. The Kier molecular flexibility index (Phi) is 7.15.